The summed E-state index contributed by atoms with van der Waals surface area (Å²) in [6.45, 7) is 7.05. The molecule has 57 heavy (non-hydrogen) atoms. The molecule has 0 spiro atoms. The predicted molar refractivity (Wildman–Crippen MR) is 237 cm³/mol. The summed E-state index contributed by atoms with van der Waals surface area (Å²) in [5.41, 5.74) is 9.36. The molecular weight excluding hydrogens is 781 g/mol. The highest BCUT2D eigenvalue weighted by Crippen LogP contribution is 2.36. The molecule has 1 atom stereocenters. The van der Waals surface area contributed by atoms with E-state index in [9.17, 15) is 14.4 Å². The van der Waals surface area contributed by atoms with Gasteiger partial charge in [0, 0.05) is 60.0 Å². The van der Waals surface area contributed by atoms with E-state index in [1.165, 1.54) is 11.3 Å². The van der Waals surface area contributed by atoms with Gasteiger partial charge in [-0.25, -0.2) is 0 Å². The van der Waals surface area contributed by atoms with Crippen LogP contribution < -0.4 is 36.1 Å². The van der Waals surface area contributed by atoms with Crippen LogP contribution >= 0.6 is 32.9 Å². The summed E-state index contributed by atoms with van der Waals surface area (Å²) in [7, 11) is 6.80. The first-order valence-corrected chi connectivity index (χ1v) is 21.5. The normalized spacial score (nSPS) is 13.9. The number of thiophene rings is 1. The molecule has 0 fully saturated rings. The molecule has 0 saturated heterocycles. The zero-order valence-corrected chi connectivity index (χ0v) is 35.4. The van der Waals surface area contributed by atoms with Crippen molar-refractivity contribution < 1.29 is 28.7 Å². The van der Waals surface area contributed by atoms with E-state index in [2.05, 4.69) is 35.5 Å². The first-order valence-electron chi connectivity index (χ1n) is 18.2. The van der Waals surface area contributed by atoms with Gasteiger partial charge in [0.25, 0.3) is 5.91 Å². The van der Waals surface area contributed by atoms with Crippen LogP contribution in [0, 0.1) is 6.92 Å². The number of fused-ring (bicyclic) bond motifs is 2. The van der Waals surface area contributed by atoms with Crippen molar-refractivity contribution in [3.8, 4) is 11.5 Å². The van der Waals surface area contributed by atoms with Crippen LogP contribution in [0.25, 0.3) is 16.2 Å². The molecule has 1 aromatic heterocycles. The number of carbonyl (C=O) groups is 4. The Morgan fingerprint density at radius 3 is 2.60 bits per heavy atom. The van der Waals surface area contributed by atoms with Crippen molar-refractivity contribution in [1.82, 2.24) is 16.0 Å². The zero-order valence-electron chi connectivity index (χ0n) is 33.0. The van der Waals surface area contributed by atoms with E-state index >= 15 is 0 Å². The number of nitrogens with one attached hydrogen (secondary N) is 3. The largest absolute Gasteiger partial charge is 0.493 e. The molecule has 0 radical (unpaired) electrons. The number of aryl methyl sites for hydroxylation is 1. The number of nitrogens with zero attached hydrogens (tertiary/aromatic N) is 2. The summed E-state index contributed by atoms with van der Waals surface area (Å²) in [5, 5.41) is 10.0. The van der Waals surface area contributed by atoms with Crippen LogP contribution in [0.2, 0.25) is 0 Å². The molecule has 0 saturated carbocycles. The number of hydrogen-bond acceptors (Lipinski definition) is 11. The number of carbonyl (C=O) groups excluding carboxylic acids is 4. The maximum atomic E-state index is 12.9. The number of benzene rings is 3. The van der Waals surface area contributed by atoms with Gasteiger partial charge >= 0.3 is 0 Å². The number of primary amides is 1. The molecule has 4 aromatic rings. The number of allylic oxidation sites excluding steroid dienone is 1. The number of para-hydroxylation sites is 1. The minimum atomic E-state index is -0.176. The van der Waals surface area contributed by atoms with Gasteiger partial charge in [-0.15, -0.1) is 11.3 Å². The van der Waals surface area contributed by atoms with Gasteiger partial charge in [0.1, 0.15) is 0 Å². The molecule has 302 valence electrons. The van der Waals surface area contributed by atoms with Gasteiger partial charge < -0.3 is 36.1 Å². The van der Waals surface area contributed by atoms with Crippen molar-refractivity contribution in [3.63, 3.8) is 0 Å². The number of amides is 4. The summed E-state index contributed by atoms with van der Waals surface area (Å²) in [4.78, 5) is 53.3. The maximum Gasteiger partial charge on any atom is 0.261 e. The van der Waals surface area contributed by atoms with Gasteiger partial charge in [0.2, 0.25) is 18.7 Å². The van der Waals surface area contributed by atoms with Crippen LogP contribution in [-0.4, -0.2) is 75.2 Å². The second kappa shape index (κ2) is 21.9. The first-order chi connectivity index (χ1) is 27.4. The fourth-order valence-electron chi connectivity index (χ4n) is 5.94. The second-order valence-corrected chi connectivity index (χ2v) is 17.6. The summed E-state index contributed by atoms with van der Waals surface area (Å²) >= 11 is 1.47. The molecular formula is C42H50N6O6S3. The monoisotopic (exact) mass is 830 g/mol. The molecule has 15 heteroatoms. The Labute approximate surface area is 346 Å². The molecule has 1 aliphatic rings. The van der Waals surface area contributed by atoms with E-state index in [4.69, 9.17) is 19.3 Å². The molecule has 1 unspecified atom stereocenters. The predicted octanol–water partition coefficient (Wildman–Crippen LogP) is 7.18. The molecule has 0 bridgehead atoms. The molecule has 4 amide bonds. The number of anilines is 1. The SMILES string of the molecule is CN/C=C(\C=C\c1ccc2sc(C(=O)NCC(C)(C)SSC)cc2c1)NC(=O)CCCOc1cc(N=CC2Cc3ccccc3N2C=O)c(C)cc1OC.NC=O. The highest BCUT2D eigenvalue weighted by molar-refractivity contribution is 8.77. The molecule has 3 aromatic carbocycles. The fourth-order valence-corrected chi connectivity index (χ4v) is 9.02. The number of rotatable bonds is 18. The Hall–Kier alpha value is -5.25. The van der Waals surface area contributed by atoms with Crippen LogP contribution in [0.15, 0.2) is 83.6 Å². The van der Waals surface area contributed by atoms with Crippen LogP contribution in [-0.2, 0) is 20.8 Å². The van der Waals surface area contributed by atoms with Gasteiger partial charge in [-0.2, -0.15) is 0 Å². The minimum absolute atomic E-state index is 0.0608. The summed E-state index contributed by atoms with van der Waals surface area (Å²) in [5.74, 6) is 0.891. The lowest BCUT2D eigenvalue weighted by Gasteiger charge is -2.22. The van der Waals surface area contributed by atoms with Crippen molar-refractivity contribution in [3.05, 3.63) is 100 Å². The van der Waals surface area contributed by atoms with Crippen LogP contribution in [0.3, 0.4) is 0 Å². The Balaban J connectivity index is 0.00000232. The third-order valence-electron chi connectivity index (χ3n) is 8.63. The average Bonchev–Trinajstić information content (AvgIpc) is 3.79. The minimum Gasteiger partial charge on any atom is -0.493 e. The van der Waals surface area contributed by atoms with Crippen LogP contribution in [0.4, 0.5) is 11.4 Å². The smallest absolute Gasteiger partial charge is 0.261 e. The summed E-state index contributed by atoms with van der Waals surface area (Å²) in [6, 6.07) is 19.4. The van der Waals surface area contributed by atoms with E-state index in [1.54, 1.807) is 53.1 Å². The van der Waals surface area contributed by atoms with Crippen LogP contribution in [0.5, 0.6) is 11.5 Å². The summed E-state index contributed by atoms with van der Waals surface area (Å²) in [6.07, 6.45) is 11.9. The third kappa shape index (κ3) is 12.9. The second-order valence-electron chi connectivity index (χ2n) is 13.4. The van der Waals surface area contributed by atoms with E-state index in [1.807, 2.05) is 86.0 Å². The lowest BCUT2D eigenvalue weighted by Crippen LogP contribution is -2.35. The Morgan fingerprint density at radius 2 is 1.88 bits per heavy atom. The fraction of sp³-hybridized carbons (Fsp3) is 0.310. The molecule has 1 aliphatic heterocycles. The van der Waals surface area contributed by atoms with E-state index in [0.717, 1.165) is 38.9 Å². The average molecular weight is 831 g/mol. The summed E-state index contributed by atoms with van der Waals surface area (Å²) < 4.78 is 12.6. The highest BCUT2D eigenvalue weighted by atomic mass is 33.1. The van der Waals surface area contributed by atoms with Crippen molar-refractivity contribution in [2.45, 2.75) is 50.8 Å². The molecule has 5 N–H and O–H groups in total. The van der Waals surface area contributed by atoms with Gasteiger partial charge in [0.15, 0.2) is 11.5 Å². The zero-order chi connectivity index (χ0) is 41.4. The van der Waals surface area contributed by atoms with E-state index in [-0.39, 0.29) is 35.4 Å². The Kier molecular flexibility index (Phi) is 17.1. The molecule has 0 aliphatic carbocycles. The van der Waals surface area contributed by atoms with Crippen molar-refractivity contribution in [2.24, 2.45) is 10.7 Å². The van der Waals surface area contributed by atoms with E-state index in [0.29, 0.717) is 53.8 Å². The maximum absolute atomic E-state index is 12.9. The highest BCUT2D eigenvalue weighted by Gasteiger charge is 2.27. The quantitative estimate of drug-likeness (QED) is 0.0268. The third-order valence-corrected chi connectivity index (χ3v) is 12.4. The molecule has 2 heterocycles. The number of aliphatic imine (C=N–C) groups is 1. The molecule has 12 nitrogen and oxygen atoms in total. The van der Waals surface area contributed by atoms with Gasteiger partial charge in [-0.05, 0) is 91.9 Å². The number of nitrogens with two attached hydrogens (primary N) is 1. The molecule has 5 rings (SSSR count). The Morgan fingerprint density at radius 1 is 1.11 bits per heavy atom. The number of hydrogen-bond donors (Lipinski definition) is 4. The van der Waals surface area contributed by atoms with Crippen LogP contribution in [0.1, 0.15) is 53.1 Å². The van der Waals surface area contributed by atoms with Gasteiger partial charge in [-0.1, -0.05) is 51.9 Å². The first kappa shape index (κ1) is 44.5. The Bertz CT molecular complexity index is 2110. The van der Waals surface area contributed by atoms with Crippen molar-refractivity contribution in [1.29, 1.82) is 0 Å². The number of methoxy groups -OCH3 is 1. The topological polar surface area (TPSA) is 164 Å². The van der Waals surface area contributed by atoms with E-state index < -0.39 is 0 Å². The lowest BCUT2D eigenvalue weighted by atomic mass is 10.1. The lowest BCUT2D eigenvalue weighted by molar-refractivity contribution is -0.120. The van der Waals surface area contributed by atoms with Crippen molar-refractivity contribution >= 4 is 91.3 Å². The van der Waals surface area contributed by atoms with Gasteiger partial charge in [0.05, 0.1) is 36.0 Å². The van der Waals surface area contributed by atoms with Crippen molar-refractivity contribution in [2.75, 3.05) is 38.5 Å². The standard InChI is InChI=1S/C41H47N5O5S3.CH3NO/c1-27-18-35(50-5)36(22-33(27)43-24-32-20-29-10-7-8-11-34(29)46(32)26-47)51-17-9-12-39(48)45-31(23-42-4)15-13-28-14-16-37-30(19-28)21-38(53-37)40(49)44-25-41(2,3)54-52-6;2-1-3/h7-8,10-11,13-16,18-19,21-24,26,32,42H,9,12,17,20,25H2,1-6H3,(H,44,49)(H,45,48);1H,(H2,2,3)/b15-13+,31-23+,43-24?;. The van der Waals surface area contributed by atoms with Gasteiger partial charge in [-0.3, -0.25) is 24.2 Å². The number of ether oxygens (including phenoxy) is 2.